The van der Waals surface area contributed by atoms with Gasteiger partial charge in [0.1, 0.15) is 0 Å². The highest BCUT2D eigenvalue weighted by Crippen LogP contribution is 2.17. The van der Waals surface area contributed by atoms with E-state index < -0.39 is 0 Å². The largest absolute Gasteiger partial charge is 0.386 e. The molecule has 0 radical (unpaired) electrons. The van der Waals surface area contributed by atoms with E-state index in [9.17, 15) is 4.79 Å². The lowest BCUT2D eigenvalue weighted by Gasteiger charge is -2.17. The van der Waals surface area contributed by atoms with E-state index in [-0.39, 0.29) is 5.91 Å². The molecule has 2 aromatic heterocycles. The van der Waals surface area contributed by atoms with Gasteiger partial charge in [-0.05, 0) is 37.3 Å². The summed E-state index contributed by atoms with van der Waals surface area (Å²) in [4.78, 5) is 18.6. The van der Waals surface area contributed by atoms with Crippen molar-refractivity contribution in [1.82, 2.24) is 14.8 Å². The maximum atomic E-state index is 12.7. The number of aromatic nitrogens is 3. The number of pyridine rings is 1. The molecule has 1 N–H and O–H groups in total. The molecule has 0 aliphatic heterocycles. The van der Waals surface area contributed by atoms with E-state index in [4.69, 9.17) is 0 Å². The summed E-state index contributed by atoms with van der Waals surface area (Å²) in [5, 5.41) is 7.32. The van der Waals surface area contributed by atoms with Crippen molar-refractivity contribution in [2.24, 2.45) is 0 Å². The smallest absolute Gasteiger partial charge is 0.258 e. The van der Waals surface area contributed by atoms with E-state index in [1.165, 1.54) is 0 Å². The number of carbonyl (C=O) groups excluding carboxylic acids is 1. The standard InChI is InChI=1S/C18H19N5O/c1-13-7-8-17(11-20-13)22(3)18(24)14-5-4-6-16(9-14)23-12-15(19-2)10-21-23/h4-12,19H,1-3H3. The first-order chi connectivity index (χ1) is 11.6. The minimum Gasteiger partial charge on any atom is -0.386 e. The van der Waals surface area contributed by atoms with Crippen molar-refractivity contribution in [3.8, 4) is 5.69 Å². The van der Waals surface area contributed by atoms with Gasteiger partial charge in [-0.15, -0.1) is 0 Å². The molecule has 1 aromatic carbocycles. The van der Waals surface area contributed by atoms with Crippen LogP contribution < -0.4 is 10.2 Å². The van der Waals surface area contributed by atoms with Crippen LogP contribution in [0.5, 0.6) is 0 Å². The molecule has 0 fully saturated rings. The van der Waals surface area contributed by atoms with E-state index >= 15 is 0 Å². The van der Waals surface area contributed by atoms with Gasteiger partial charge in [0.05, 0.1) is 35.7 Å². The van der Waals surface area contributed by atoms with Crippen LogP contribution in [0.1, 0.15) is 16.1 Å². The lowest BCUT2D eigenvalue weighted by molar-refractivity contribution is 0.0993. The number of aryl methyl sites for hydroxylation is 1. The van der Waals surface area contributed by atoms with Gasteiger partial charge in [-0.3, -0.25) is 9.78 Å². The van der Waals surface area contributed by atoms with Crippen LogP contribution in [0.4, 0.5) is 11.4 Å². The summed E-state index contributed by atoms with van der Waals surface area (Å²) in [6.07, 6.45) is 5.31. The number of anilines is 2. The lowest BCUT2D eigenvalue weighted by Crippen LogP contribution is -2.26. The zero-order valence-electron chi connectivity index (χ0n) is 13.9. The molecule has 0 saturated heterocycles. The van der Waals surface area contributed by atoms with Crippen LogP contribution in [-0.4, -0.2) is 34.8 Å². The first-order valence-electron chi connectivity index (χ1n) is 7.62. The number of hydrogen-bond acceptors (Lipinski definition) is 4. The van der Waals surface area contributed by atoms with E-state index in [1.807, 2.05) is 50.5 Å². The maximum Gasteiger partial charge on any atom is 0.258 e. The zero-order chi connectivity index (χ0) is 17.1. The first-order valence-corrected chi connectivity index (χ1v) is 7.62. The predicted octanol–water partition coefficient (Wildman–Crippen LogP) is 2.89. The molecular weight excluding hydrogens is 302 g/mol. The molecule has 0 unspecified atom stereocenters. The highest BCUT2D eigenvalue weighted by Gasteiger charge is 2.14. The summed E-state index contributed by atoms with van der Waals surface area (Å²) in [7, 11) is 3.58. The highest BCUT2D eigenvalue weighted by atomic mass is 16.2. The Hall–Kier alpha value is -3.15. The minimum atomic E-state index is -0.0940. The number of carbonyl (C=O) groups is 1. The van der Waals surface area contributed by atoms with Crippen LogP contribution in [0.15, 0.2) is 55.0 Å². The second kappa shape index (κ2) is 6.54. The van der Waals surface area contributed by atoms with Crippen LogP contribution >= 0.6 is 0 Å². The van der Waals surface area contributed by atoms with Gasteiger partial charge in [-0.25, -0.2) is 4.68 Å². The maximum absolute atomic E-state index is 12.7. The van der Waals surface area contributed by atoms with Gasteiger partial charge >= 0.3 is 0 Å². The Morgan fingerprint density at radius 3 is 2.71 bits per heavy atom. The second-order valence-corrected chi connectivity index (χ2v) is 5.50. The van der Waals surface area contributed by atoms with Crippen molar-refractivity contribution in [3.63, 3.8) is 0 Å². The number of nitrogens with one attached hydrogen (secondary N) is 1. The monoisotopic (exact) mass is 321 g/mol. The van der Waals surface area contributed by atoms with Crippen LogP contribution in [0.3, 0.4) is 0 Å². The van der Waals surface area contributed by atoms with E-state index in [1.54, 1.807) is 35.1 Å². The SMILES string of the molecule is CNc1cnn(-c2cccc(C(=O)N(C)c3ccc(C)nc3)c2)c1. The van der Waals surface area contributed by atoms with E-state index in [2.05, 4.69) is 15.4 Å². The number of benzene rings is 1. The Morgan fingerprint density at radius 1 is 1.21 bits per heavy atom. The minimum absolute atomic E-state index is 0.0940. The Kier molecular flexibility index (Phi) is 4.29. The molecule has 0 spiro atoms. The fourth-order valence-electron chi connectivity index (χ4n) is 2.34. The highest BCUT2D eigenvalue weighted by molar-refractivity contribution is 6.05. The third kappa shape index (κ3) is 3.12. The molecule has 6 nitrogen and oxygen atoms in total. The molecule has 0 saturated carbocycles. The molecule has 0 bridgehead atoms. The van der Waals surface area contributed by atoms with E-state index in [0.717, 1.165) is 22.8 Å². The molecule has 3 aromatic rings. The van der Waals surface area contributed by atoms with Gasteiger partial charge < -0.3 is 10.2 Å². The van der Waals surface area contributed by atoms with Gasteiger partial charge in [-0.1, -0.05) is 6.07 Å². The molecule has 0 atom stereocenters. The molecule has 3 rings (SSSR count). The average Bonchev–Trinajstić information content (AvgIpc) is 3.10. The first kappa shape index (κ1) is 15.7. The van der Waals surface area contributed by atoms with Crippen LogP contribution in [0.25, 0.3) is 5.69 Å². The number of hydrogen-bond donors (Lipinski definition) is 1. The molecule has 1 amide bonds. The van der Waals surface area contributed by atoms with Crippen LogP contribution in [0, 0.1) is 6.92 Å². The molecule has 0 aliphatic carbocycles. The summed E-state index contributed by atoms with van der Waals surface area (Å²) >= 11 is 0. The molecule has 2 heterocycles. The molecular formula is C18H19N5O. The number of rotatable bonds is 4. The third-order valence-electron chi connectivity index (χ3n) is 3.82. The Bertz CT molecular complexity index is 854. The van der Waals surface area contributed by atoms with Gasteiger partial charge in [0, 0.05) is 25.4 Å². The molecule has 24 heavy (non-hydrogen) atoms. The topological polar surface area (TPSA) is 63.1 Å². The van der Waals surface area contributed by atoms with Crippen molar-refractivity contribution < 1.29 is 4.79 Å². The Balaban J connectivity index is 1.87. The van der Waals surface area contributed by atoms with Gasteiger partial charge in [-0.2, -0.15) is 5.10 Å². The van der Waals surface area contributed by atoms with E-state index in [0.29, 0.717) is 5.56 Å². The Morgan fingerprint density at radius 2 is 2.04 bits per heavy atom. The van der Waals surface area contributed by atoms with Crippen LogP contribution in [0.2, 0.25) is 0 Å². The van der Waals surface area contributed by atoms with Gasteiger partial charge in [0.15, 0.2) is 0 Å². The second-order valence-electron chi connectivity index (χ2n) is 5.50. The average molecular weight is 321 g/mol. The van der Waals surface area contributed by atoms with Crippen molar-refractivity contribution in [2.45, 2.75) is 6.92 Å². The molecule has 0 aliphatic rings. The molecule has 6 heteroatoms. The van der Waals surface area contributed by atoms with Crippen molar-refractivity contribution in [1.29, 1.82) is 0 Å². The quantitative estimate of drug-likeness (QED) is 0.802. The fourth-order valence-corrected chi connectivity index (χ4v) is 2.34. The summed E-state index contributed by atoms with van der Waals surface area (Å²) in [6, 6.07) is 11.2. The summed E-state index contributed by atoms with van der Waals surface area (Å²) in [5.41, 5.74) is 4.01. The van der Waals surface area contributed by atoms with Gasteiger partial charge in [0.25, 0.3) is 5.91 Å². The van der Waals surface area contributed by atoms with Crippen molar-refractivity contribution >= 4 is 17.3 Å². The van der Waals surface area contributed by atoms with Crippen LogP contribution in [-0.2, 0) is 0 Å². The number of nitrogens with zero attached hydrogens (tertiary/aromatic N) is 4. The van der Waals surface area contributed by atoms with Crippen molar-refractivity contribution in [3.05, 3.63) is 66.2 Å². The Labute approximate surface area is 140 Å². The lowest BCUT2D eigenvalue weighted by atomic mass is 10.1. The predicted molar refractivity (Wildman–Crippen MR) is 94.8 cm³/mol. The van der Waals surface area contributed by atoms with Gasteiger partial charge in [0.2, 0.25) is 0 Å². The molecule has 122 valence electrons. The normalized spacial score (nSPS) is 10.5. The fraction of sp³-hybridized carbons (Fsp3) is 0.167. The third-order valence-corrected chi connectivity index (χ3v) is 3.82. The number of amides is 1. The summed E-state index contributed by atoms with van der Waals surface area (Å²) < 4.78 is 1.73. The summed E-state index contributed by atoms with van der Waals surface area (Å²) in [6.45, 7) is 1.92. The zero-order valence-corrected chi connectivity index (χ0v) is 13.9. The summed E-state index contributed by atoms with van der Waals surface area (Å²) in [5.74, 6) is -0.0940. The van der Waals surface area contributed by atoms with Crippen molar-refractivity contribution in [2.75, 3.05) is 24.3 Å².